The van der Waals surface area contributed by atoms with E-state index in [2.05, 4.69) is 0 Å². The van der Waals surface area contributed by atoms with E-state index in [1.165, 1.54) is 18.2 Å². The highest BCUT2D eigenvalue weighted by atomic mass is 19.1. The average molecular weight is 396 g/mol. The molecule has 0 radical (unpaired) electrons. The van der Waals surface area contributed by atoms with Crippen molar-refractivity contribution in [1.82, 2.24) is 9.80 Å². The maximum absolute atomic E-state index is 13.6. The fourth-order valence-corrected chi connectivity index (χ4v) is 4.39. The quantitative estimate of drug-likeness (QED) is 0.801. The van der Waals surface area contributed by atoms with Gasteiger partial charge in [-0.2, -0.15) is 0 Å². The third kappa shape index (κ3) is 3.42. The number of amides is 2. The van der Waals surface area contributed by atoms with E-state index in [4.69, 9.17) is 4.74 Å². The van der Waals surface area contributed by atoms with E-state index >= 15 is 0 Å². The van der Waals surface area contributed by atoms with Crippen LogP contribution in [0.25, 0.3) is 0 Å². The Labute approximate surface area is 170 Å². The number of carbonyl (C=O) groups excluding carboxylic acids is 2. The van der Waals surface area contributed by atoms with Gasteiger partial charge in [0.25, 0.3) is 11.8 Å². The van der Waals surface area contributed by atoms with Gasteiger partial charge in [-0.25, -0.2) is 4.39 Å². The van der Waals surface area contributed by atoms with Crippen molar-refractivity contribution in [2.75, 3.05) is 26.2 Å². The monoisotopic (exact) mass is 396 g/mol. The summed E-state index contributed by atoms with van der Waals surface area (Å²) in [6.45, 7) is 5.30. The minimum absolute atomic E-state index is 0.0333. The van der Waals surface area contributed by atoms with Crippen molar-refractivity contribution in [3.63, 3.8) is 0 Å². The van der Waals surface area contributed by atoms with Crippen LogP contribution in [0.4, 0.5) is 4.39 Å². The average Bonchev–Trinajstić information content (AvgIpc) is 3.00. The van der Waals surface area contributed by atoms with Crippen molar-refractivity contribution in [3.8, 4) is 0 Å². The molecule has 2 atom stereocenters. The van der Waals surface area contributed by atoms with Gasteiger partial charge in [-0.1, -0.05) is 36.4 Å². The second kappa shape index (κ2) is 7.59. The van der Waals surface area contributed by atoms with E-state index in [1.54, 1.807) is 11.0 Å². The summed E-state index contributed by atoms with van der Waals surface area (Å²) in [6, 6.07) is 15.5. The lowest BCUT2D eigenvalue weighted by Crippen LogP contribution is -2.59. The Balaban J connectivity index is 1.69. The first kappa shape index (κ1) is 19.6. The number of hydrogen-bond acceptors (Lipinski definition) is 3. The van der Waals surface area contributed by atoms with Gasteiger partial charge < -0.3 is 14.5 Å². The lowest BCUT2D eigenvalue weighted by molar-refractivity contribution is -0.160. The molecule has 2 aromatic rings. The molecule has 0 unspecified atom stereocenters. The van der Waals surface area contributed by atoms with Crippen LogP contribution in [0.2, 0.25) is 0 Å². The molecule has 0 N–H and O–H groups in total. The van der Waals surface area contributed by atoms with Gasteiger partial charge in [0.1, 0.15) is 5.82 Å². The smallest absolute Gasteiger partial charge is 0.257 e. The van der Waals surface area contributed by atoms with Crippen LogP contribution in [0.5, 0.6) is 0 Å². The molecule has 2 amide bonds. The second-order valence-corrected chi connectivity index (χ2v) is 7.99. The molecule has 2 fully saturated rings. The number of carbonyl (C=O) groups is 2. The molecule has 152 valence electrons. The molecule has 1 spiro atoms. The van der Waals surface area contributed by atoms with Crippen molar-refractivity contribution in [1.29, 1.82) is 0 Å². The van der Waals surface area contributed by atoms with E-state index in [0.717, 1.165) is 5.56 Å². The summed E-state index contributed by atoms with van der Waals surface area (Å²) in [5.74, 6) is -1.00. The van der Waals surface area contributed by atoms with Crippen LogP contribution in [-0.2, 0) is 9.53 Å². The summed E-state index contributed by atoms with van der Waals surface area (Å²) in [7, 11) is 0. The molecule has 4 rings (SSSR count). The third-order valence-corrected chi connectivity index (χ3v) is 5.90. The first-order valence-electron chi connectivity index (χ1n) is 9.97. The van der Waals surface area contributed by atoms with Gasteiger partial charge in [-0.15, -0.1) is 0 Å². The Morgan fingerprint density at radius 1 is 1.17 bits per heavy atom. The highest BCUT2D eigenvalue weighted by molar-refractivity contribution is 5.96. The first-order chi connectivity index (χ1) is 13.9. The van der Waals surface area contributed by atoms with E-state index in [1.807, 2.05) is 49.1 Å². The summed E-state index contributed by atoms with van der Waals surface area (Å²) in [5, 5.41) is 0. The summed E-state index contributed by atoms with van der Waals surface area (Å²) in [4.78, 5) is 30.0. The molecule has 2 saturated heterocycles. The number of morpholine rings is 1. The molecule has 0 aliphatic carbocycles. The Kier molecular flexibility index (Phi) is 5.13. The largest absolute Gasteiger partial charge is 0.361 e. The molecule has 29 heavy (non-hydrogen) atoms. The van der Waals surface area contributed by atoms with Crippen molar-refractivity contribution in [2.45, 2.75) is 31.4 Å². The molecule has 2 aromatic carbocycles. The topological polar surface area (TPSA) is 49.9 Å². The van der Waals surface area contributed by atoms with Crippen molar-refractivity contribution in [2.24, 2.45) is 0 Å². The van der Waals surface area contributed by atoms with Crippen molar-refractivity contribution in [3.05, 3.63) is 71.5 Å². The summed E-state index contributed by atoms with van der Waals surface area (Å²) in [6.07, 6.45) is 0. The third-order valence-electron chi connectivity index (χ3n) is 5.90. The van der Waals surface area contributed by atoms with Crippen LogP contribution in [-0.4, -0.2) is 59.5 Å². The first-order valence-corrected chi connectivity index (χ1v) is 9.97. The Hall–Kier alpha value is -2.73. The van der Waals surface area contributed by atoms with Gasteiger partial charge in [0.2, 0.25) is 0 Å². The maximum Gasteiger partial charge on any atom is 0.257 e. The Morgan fingerprint density at radius 3 is 2.62 bits per heavy atom. The number of ether oxygens (including phenoxy) is 1. The molecule has 6 heteroatoms. The molecular weight excluding hydrogens is 371 g/mol. The fourth-order valence-electron chi connectivity index (χ4n) is 4.39. The molecular formula is C23H25FN2O3. The summed E-state index contributed by atoms with van der Waals surface area (Å²) >= 11 is 0. The number of rotatable bonds is 3. The molecule has 0 aromatic heterocycles. The summed E-state index contributed by atoms with van der Waals surface area (Å²) in [5.41, 5.74) is 0.181. The van der Waals surface area contributed by atoms with E-state index in [9.17, 15) is 14.0 Å². The van der Waals surface area contributed by atoms with E-state index < -0.39 is 11.4 Å². The van der Waals surface area contributed by atoms with Gasteiger partial charge in [0, 0.05) is 30.6 Å². The number of nitrogens with zero attached hydrogens (tertiary/aromatic N) is 2. The fraction of sp³-hybridized carbons (Fsp3) is 0.391. The minimum Gasteiger partial charge on any atom is -0.361 e. The maximum atomic E-state index is 13.6. The number of halogens is 1. The molecule has 2 aliphatic rings. The molecule has 0 bridgehead atoms. The van der Waals surface area contributed by atoms with E-state index in [-0.39, 0.29) is 42.5 Å². The van der Waals surface area contributed by atoms with Crippen molar-refractivity contribution < 1.29 is 18.7 Å². The van der Waals surface area contributed by atoms with Crippen LogP contribution in [0, 0.1) is 5.82 Å². The lowest BCUT2D eigenvalue weighted by Gasteiger charge is -2.42. The van der Waals surface area contributed by atoms with Crippen LogP contribution in [0.15, 0.2) is 54.6 Å². The van der Waals surface area contributed by atoms with Crippen LogP contribution < -0.4 is 0 Å². The highest BCUT2D eigenvalue weighted by Gasteiger charge is 2.58. The second-order valence-electron chi connectivity index (χ2n) is 7.99. The zero-order valence-electron chi connectivity index (χ0n) is 16.7. The molecule has 2 aliphatic heterocycles. The van der Waals surface area contributed by atoms with Crippen molar-refractivity contribution >= 4 is 11.8 Å². The molecule has 5 nitrogen and oxygen atoms in total. The zero-order valence-corrected chi connectivity index (χ0v) is 16.7. The predicted molar refractivity (Wildman–Crippen MR) is 107 cm³/mol. The Morgan fingerprint density at radius 2 is 1.93 bits per heavy atom. The van der Waals surface area contributed by atoms with Crippen LogP contribution >= 0.6 is 0 Å². The number of benzene rings is 2. The van der Waals surface area contributed by atoms with Crippen LogP contribution in [0.3, 0.4) is 0 Å². The molecule has 0 saturated carbocycles. The van der Waals surface area contributed by atoms with Gasteiger partial charge in [0.05, 0.1) is 13.2 Å². The van der Waals surface area contributed by atoms with Gasteiger partial charge in [0.15, 0.2) is 5.60 Å². The number of likely N-dealkylation sites (tertiary alicyclic amines) is 1. The van der Waals surface area contributed by atoms with Gasteiger partial charge in [-0.3, -0.25) is 9.59 Å². The predicted octanol–water partition coefficient (Wildman–Crippen LogP) is 3.07. The minimum atomic E-state index is -1.12. The van der Waals surface area contributed by atoms with Gasteiger partial charge in [-0.05, 0) is 37.6 Å². The lowest BCUT2D eigenvalue weighted by atomic mass is 9.83. The molecule has 2 heterocycles. The standard InChI is InChI=1S/C23H25FN2O3/c1-16(2)26-14-20(17-7-4-3-5-8-17)23(22(26)28)15-25(11-12-29-23)21(27)18-9-6-10-19(24)13-18/h3-10,13,16,20H,11-12,14-15H2,1-2H3/t20-,23+/m0/s1. The zero-order chi connectivity index (χ0) is 20.6. The SMILES string of the molecule is CC(C)N1C[C@@H](c2ccccc2)[C@]2(CN(C(=O)c3cccc(F)c3)CCO2)C1=O. The Bertz CT molecular complexity index is 917. The normalized spacial score (nSPS) is 24.6. The van der Waals surface area contributed by atoms with E-state index in [0.29, 0.717) is 13.1 Å². The van der Waals surface area contributed by atoms with Gasteiger partial charge >= 0.3 is 0 Å². The summed E-state index contributed by atoms with van der Waals surface area (Å²) < 4.78 is 19.8. The highest BCUT2D eigenvalue weighted by Crippen LogP contribution is 2.43. The number of hydrogen-bond donors (Lipinski definition) is 0. The van der Waals surface area contributed by atoms with Crippen LogP contribution in [0.1, 0.15) is 35.7 Å².